The Balaban J connectivity index is 1.91. The number of nitrogen functional groups attached to an aromatic ring is 1. The minimum absolute atomic E-state index is 0.0428. The van der Waals surface area contributed by atoms with Crippen LogP contribution in [0.5, 0.6) is 0 Å². The largest absolute Gasteiger partial charge is 0.377 e. The van der Waals surface area contributed by atoms with Gasteiger partial charge in [-0.25, -0.2) is 4.98 Å². The lowest BCUT2D eigenvalue weighted by molar-refractivity contribution is 0.119. The molecule has 1 aliphatic rings. The van der Waals surface area contributed by atoms with E-state index in [1.807, 2.05) is 25.1 Å². The summed E-state index contributed by atoms with van der Waals surface area (Å²) in [5, 5.41) is 0. The number of anilines is 2. The molecule has 0 radical (unpaired) electrons. The van der Waals surface area contributed by atoms with E-state index < -0.39 is 0 Å². The van der Waals surface area contributed by atoms with Gasteiger partial charge in [-0.05, 0) is 25.6 Å². The summed E-state index contributed by atoms with van der Waals surface area (Å²) in [6, 6.07) is 10.3. The van der Waals surface area contributed by atoms with Crippen molar-refractivity contribution in [2.45, 2.75) is 13.0 Å². The van der Waals surface area contributed by atoms with Crippen LogP contribution in [0.15, 0.2) is 30.3 Å². The van der Waals surface area contributed by atoms with E-state index in [4.69, 9.17) is 10.5 Å². The van der Waals surface area contributed by atoms with E-state index in [0.29, 0.717) is 5.95 Å². The van der Waals surface area contributed by atoms with Crippen LogP contribution in [0.25, 0.3) is 11.3 Å². The second-order valence-electron chi connectivity index (χ2n) is 6.26. The van der Waals surface area contributed by atoms with Gasteiger partial charge in [0.1, 0.15) is 5.82 Å². The lowest BCUT2D eigenvalue weighted by atomic mass is 10.0. The highest BCUT2D eigenvalue weighted by molar-refractivity contribution is 5.65. The van der Waals surface area contributed by atoms with Gasteiger partial charge in [-0.15, -0.1) is 0 Å². The first-order valence-corrected chi connectivity index (χ1v) is 8.28. The van der Waals surface area contributed by atoms with E-state index in [1.54, 1.807) is 7.11 Å². The minimum Gasteiger partial charge on any atom is -0.377 e. The Kier molecular flexibility index (Phi) is 4.97. The molecule has 0 bridgehead atoms. The number of hydrogen-bond donors (Lipinski definition) is 1. The Morgan fingerprint density at radius 2 is 1.88 bits per heavy atom. The first-order valence-electron chi connectivity index (χ1n) is 8.28. The standard InChI is InChI=1S/C18H25N5O/c1-13(24-3)14-5-4-6-15(11-14)16-12-17(21-18(19)20-16)23-9-7-22(2)8-10-23/h4-6,11-13H,7-10H2,1-3H3,(H2,19,20,21)/t13-/m1/s1. The van der Waals surface area contributed by atoms with Crippen LogP contribution in [0.2, 0.25) is 0 Å². The molecule has 24 heavy (non-hydrogen) atoms. The maximum Gasteiger partial charge on any atom is 0.222 e. The summed E-state index contributed by atoms with van der Waals surface area (Å²) in [6.45, 7) is 5.99. The molecule has 1 aliphatic heterocycles. The average molecular weight is 327 g/mol. The fraction of sp³-hybridized carbons (Fsp3) is 0.444. The number of aromatic nitrogens is 2. The van der Waals surface area contributed by atoms with Crippen molar-refractivity contribution in [2.75, 3.05) is 51.0 Å². The summed E-state index contributed by atoms with van der Waals surface area (Å²) < 4.78 is 5.41. The first-order chi connectivity index (χ1) is 11.6. The van der Waals surface area contributed by atoms with E-state index in [-0.39, 0.29) is 6.10 Å². The number of methoxy groups -OCH3 is 1. The zero-order valence-electron chi connectivity index (χ0n) is 14.6. The quantitative estimate of drug-likeness (QED) is 0.928. The molecule has 0 saturated carbocycles. The maximum atomic E-state index is 5.97. The monoisotopic (exact) mass is 327 g/mol. The van der Waals surface area contributed by atoms with Crippen LogP contribution in [0.3, 0.4) is 0 Å². The summed E-state index contributed by atoms with van der Waals surface area (Å²) in [4.78, 5) is 13.4. The number of piperazine rings is 1. The van der Waals surface area contributed by atoms with Crippen LogP contribution in [0.1, 0.15) is 18.6 Å². The Labute approximate surface area is 143 Å². The zero-order valence-corrected chi connectivity index (χ0v) is 14.6. The molecule has 0 unspecified atom stereocenters. The number of nitrogens with zero attached hydrogens (tertiary/aromatic N) is 4. The number of rotatable bonds is 4. The molecule has 2 aromatic rings. The molecular formula is C18H25N5O. The molecule has 0 amide bonds. The summed E-state index contributed by atoms with van der Waals surface area (Å²) in [6.07, 6.45) is 0.0428. The van der Waals surface area contributed by atoms with E-state index in [9.17, 15) is 0 Å². The van der Waals surface area contributed by atoms with Crippen molar-refractivity contribution < 1.29 is 4.74 Å². The topological polar surface area (TPSA) is 67.5 Å². The van der Waals surface area contributed by atoms with Crippen molar-refractivity contribution in [3.8, 4) is 11.3 Å². The highest BCUT2D eigenvalue weighted by atomic mass is 16.5. The van der Waals surface area contributed by atoms with Gasteiger partial charge in [-0.3, -0.25) is 0 Å². The molecule has 2 heterocycles. The number of benzene rings is 1. The lowest BCUT2D eigenvalue weighted by Crippen LogP contribution is -2.44. The normalized spacial score (nSPS) is 17.0. The van der Waals surface area contributed by atoms with Gasteiger partial charge in [0.2, 0.25) is 5.95 Å². The SMILES string of the molecule is CO[C@H](C)c1cccc(-c2cc(N3CCN(C)CC3)nc(N)n2)c1. The fourth-order valence-electron chi connectivity index (χ4n) is 2.88. The predicted molar refractivity (Wildman–Crippen MR) is 97.0 cm³/mol. The summed E-state index contributed by atoms with van der Waals surface area (Å²) in [5.41, 5.74) is 8.97. The maximum absolute atomic E-state index is 5.97. The van der Waals surface area contributed by atoms with Crippen molar-refractivity contribution in [3.63, 3.8) is 0 Å². The zero-order chi connectivity index (χ0) is 17.1. The molecule has 1 aromatic carbocycles. The molecule has 1 saturated heterocycles. The van der Waals surface area contributed by atoms with Gasteiger partial charge in [0.25, 0.3) is 0 Å². The van der Waals surface area contributed by atoms with E-state index >= 15 is 0 Å². The smallest absolute Gasteiger partial charge is 0.222 e. The van der Waals surface area contributed by atoms with Gasteiger partial charge >= 0.3 is 0 Å². The average Bonchev–Trinajstić information content (AvgIpc) is 2.61. The van der Waals surface area contributed by atoms with Crippen LogP contribution in [0, 0.1) is 0 Å². The van der Waals surface area contributed by atoms with Crippen molar-refractivity contribution >= 4 is 11.8 Å². The molecule has 1 fully saturated rings. The molecule has 6 nitrogen and oxygen atoms in total. The molecule has 6 heteroatoms. The molecule has 1 aromatic heterocycles. The van der Waals surface area contributed by atoms with E-state index in [1.165, 1.54) is 0 Å². The first kappa shape index (κ1) is 16.7. The minimum atomic E-state index is 0.0428. The van der Waals surface area contributed by atoms with Crippen LogP contribution < -0.4 is 10.6 Å². The van der Waals surface area contributed by atoms with Gasteiger partial charge in [0.05, 0.1) is 11.8 Å². The van der Waals surface area contributed by atoms with Crippen molar-refractivity contribution in [2.24, 2.45) is 0 Å². The van der Waals surface area contributed by atoms with Crippen LogP contribution >= 0.6 is 0 Å². The summed E-state index contributed by atoms with van der Waals surface area (Å²) in [7, 11) is 3.85. The molecule has 0 aliphatic carbocycles. The van der Waals surface area contributed by atoms with Crippen molar-refractivity contribution in [1.82, 2.24) is 14.9 Å². The third-order valence-corrected chi connectivity index (χ3v) is 4.56. The molecular weight excluding hydrogens is 302 g/mol. The Bertz CT molecular complexity index is 698. The van der Waals surface area contributed by atoms with Gasteiger partial charge in [0.15, 0.2) is 0 Å². The van der Waals surface area contributed by atoms with Gasteiger partial charge in [-0.1, -0.05) is 18.2 Å². The summed E-state index contributed by atoms with van der Waals surface area (Å²) in [5.74, 6) is 1.21. The van der Waals surface area contributed by atoms with Crippen molar-refractivity contribution in [1.29, 1.82) is 0 Å². The number of ether oxygens (including phenoxy) is 1. The van der Waals surface area contributed by atoms with E-state index in [0.717, 1.165) is 48.8 Å². The predicted octanol–water partition coefficient (Wildman–Crippen LogP) is 2.18. The van der Waals surface area contributed by atoms with Crippen molar-refractivity contribution in [3.05, 3.63) is 35.9 Å². The van der Waals surface area contributed by atoms with Crippen LogP contribution in [-0.4, -0.2) is 55.2 Å². The second kappa shape index (κ2) is 7.15. The highest BCUT2D eigenvalue weighted by Crippen LogP contribution is 2.26. The van der Waals surface area contributed by atoms with Gasteiger partial charge < -0.3 is 20.3 Å². The molecule has 1 atom stereocenters. The van der Waals surface area contributed by atoms with Crippen LogP contribution in [0.4, 0.5) is 11.8 Å². The molecule has 128 valence electrons. The number of likely N-dealkylation sites (N-methyl/N-ethyl adjacent to an activating group) is 1. The molecule has 3 rings (SSSR count). The summed E-state index contributed by atoms with van der Waals surface area (Å²) >= 11 is 0. The highest BCUT2D eigenvalue weighted by Gasteiger charge is 2.17. The Morgan fingerprint density at radius 3 is 2.58 bits per heavy atom. The fourth-order valence-corrected chi connectivity index (χ4v) is 2.88. The van der Waals surface area contributed by atoms with E-state index in [2.05, 4.69) is 38.9 Å². The second-order valence-corrected chi connectivity index (χ2v) is 6.26. The molecule has 0 spiro atoms. The lowest BCUT2D eigenvalue weighted by Gasteiger charge is -2.33. The van der Waals surface area contributed by atoms with Gasteiger partial charge in [0, 0.05) is 44.9 Å². The van der Waals surface area contributed by atoms with Crippen LogP contribution in [-0.2, 0) is 4.74 Å². The van der Waals surface area contributed by atoms with Gasteiger partial charge in [-0.2, -0.15) is 4.98 Å². The third-order valence-electron chi connectivity index (χ3n) is 4.56. The third kappa shape index (κ3) is 3.66. The Morgan fingerprint density at radius 1 is 1.12 bits per heavy atom. The molecule has 2 N–H and O–H groups in total. The Hall–Kier alpha value is -2.18. The number of hydrogen-bond acceptors (Lipinski definition) is 6. The number of nitrogens with two attached hydrogens (primary N) is 1.